The Morgan fingerprint density at radius 1 is 1.00 bits per heavy atom. The van der Waals surface area contributed by atoms with Crippen molar-refractivity contribution >= 4 is 38.7 Å². The molecule has 0 aliphatic heterocycles. The summed E-state index contributed by atoms with van der Waals surface area (Å²) >= 11 is 1.47. The van der Waals surface area contributed by atoms with E-state index in [1.165, 1.54) is 23.0 Å². The molecule has 5 aromatic rings. The molecule has 1 amide bonds. The molecule has 156 valence electrons. The number of anilines is 1. The number of hydrogen-bond donors (Lipinski definition) is 1. The minimum absolute atomic E-state index is 0.229. The molecule has 0 bridgehead atoms. The Bertz CT molecular complexity index is 1420. The number of para-hydroxylation sites is 1. The number of rotatable bonds is 5. The van der Waals surface area contributed by atoms with Crippen LogP contribution in [0.15, 0.2) is 91.1 Å². The fourth-order valence-electron chi connectivity index (χ4n) is 3.44. The molecular weight excluding hydrogens is 416 g/mol. The van der Waals surface area contributed by atoms with Crippen LogP contribution < -0.4 is 5.32 Å². The predicted molar refractivity (Wildman–Crippen MR) is 131 cm³/mol. The van der Waals surface area contributed by atoms with Crippen LogP contribution in [0, 0.1) is 6.92 Å². The molecule has 0 saturated heterocycles. The second kappa shape index (κ2) is 8.61. The van der Waals surface area contributed by atoms with Crippen LogP contribution in [0.1, 0.15) is 11.1 Å². The van der Waals surface area contributed by atoms with Gasteiger partial charge in [-0.1, -0.05) is 65.9 Å². The van der Waals surface area contributed by atoms with Gasteiger partial charge in [0.25, 0.3) is 0 Å². The van der Waals surface area contributed by atoms with Gasteiger partial charge in [-0.25, -0.2) is 9.67 Å². The highest BCUT2D eigenvalue weighted by Gasteiger charge is 2.11. The Labute approximate surface area is 189 Å². The Balaban J connectivity index is 1.42. The minimum Gasteiger partial charge on any atom is -0.298 e. The molecule has 0 unspecified atom stereocenters. The number of amides is 1. The van der Waals surface area contributed by atoms with Gasteiger partial charge in [0, 0.05) is 23.4 Å². The second-order valence-electron chi connectivity index (χ2n) is 7.39. The standard InChI is InChI=1S/C26H20N4OS/c1-18-12-14-22-23(16-18)32-26(27-22)28-24(31)15-13-20-17-30(21-10-6-3-7-11-21)29-25(20)19-8-4-2-5-9-19/h2-17H,1H3,(H,27,28,31)/b15-13+. The number of nitrogens with one attached hydrogen (secondary N) is 1. The molecule has 2 aromatic heterocycles. The molecule has 6 heteroatoms. The summed E-state index contributed by atoms with van der Waals surface area (Å²) in [5.41, 5.74) is 5.67. The van der Waals surface area contributed by atoms with Crippen molar-refractivity contribution in [1.82, 2.24) is 14.8 Å². The summed E-state index contributed by atoms with van der Waals surface area (Å²) < 4.78 is 2.88. The zero-order chi connectivity index (χ0) is 21.9. The summed E-state index contributed by atoms with van der Waals surface area (Å²) in [4.78, 5) is 17.1. The normalized spacial score (nSPS) is 11.3. The smallest absolute Gasteiger partial charge is 0.250 e. The van der Waals surface area contributed by atoms with Crippen molar-refractivity contribution in [2.75, 3.05) is 5.32 Å². The summed E-state index contributed by atoms with van der Waals surface area (Å²) in [6.45, 7) is 2.04. The first-order valence-electron chi connectivity index (χ1n) is 10.2. The van der Waals surface area contributed by atoms with Crippen molar-refractivity contribution in [1.29, 1.82) is 0 Å². The van der Waals surface area contributed by atoms with Gasteiger partial charge < -0.3 is 0 Å². The molecule has 32 heavy (non-hydrogen) atoms. The molecule has 0 atom stereocenters. The molecule has 0 radical (unpaired) electrons. The Morgan fingerprint density at radius 2 is 1.75 bits per heavy atom. The van der Waals surface area contributed by atoms with E-state index in [0.717, 1.165) is 32.7 Å². The van der Waals surface area contributed by atoms with Crippen molar-refractivity contribution in [3.8, 4) is 16.9 Å². The monoisotopic (exact) mass is 436 g/mol. The van der Waals surface area contributed by atoms with E-state index >= 15 is 0 Å². The molecule has 0 aliphatic carbocycles. The highest BCUT2D eigenvalue weighted by atomic mass is 32.1. The maximum Gasteiger partial charge on any atom is 0.250 e. The van der Waals surface area contributed by atoms with Gasteiger partial charge in [0.15, 0.2) is 5.13 Å². The number of hydrogen-bond acceptors (Lipinski definition) is 4. The Morgan fingerprint density at radius 3 is 2.53 bits per heavy atom. The van der Waals surface area contributed by atoms with Gasteiger partial charge in [0.1, 0.15) is 0 Å². The van der Waals surface area contributed by atoms with E-state index in [0.29, 0.717) is 5.13 Å². The molecule has 0 aliphatic rings. The van der Waals surface area contributed by atoms with Crippen molar-refractivity contribution < 1.29 is 4.79 Å². The molecule has 0 saturated carbocycles. The Hall–Kier alpha value is -4.03. The molecule has 5 nitrogen and oxygen atoms in total. The first-order chi connectivity index (χ1) is 15.7. The van der Waals surface area contributed by atoms with E-state index in [9.17, 15) is 4.79 Å². The molecule has 5 rings (SSSR count). The zero-order valence-electron chi connectivity index (χ0n) is 17.4. The van der Waals surface area contributed by atoms with Gasteiger partial charge in [-0.05, 0) is 42.8 Å². The summed E-state index contributed by atoms with van der Waals surface area (Å²) in [5, 5.41) is 8.23. The van der Waals surface area contributed by atoms with Crippen LogP contribution in [0.4, 0.5) is 5.13 Å². The lowest BCUT2D eigenvalue weighted by molar-refractivity contribution is -0.111. The van der Waals surface area contributed by atoms with Gasteiger partial charge in [0.05, 0.1) is 21.6 Å². The fraction of sp³-hybridized carbons (Fsp3) is 0.0385. The lowest BCUT2D eigenvalue weighted by atomic mass is 10.1. The average Bonchev–Trinajstić information content (AvgIpc) is 3.42. The summed E-state index contributed by atoms with van der Waals surface area (Å²) in [6.07, 6.45) is 5.25. The van der Waals surface area contributed by atoms with Crippen molar-refractivity contribution in [2.45, 2.75) is 6.92 Å². The van der Waals surface area contributed by atoms with E-state index in [1.54, 1.807) is 6.08 Å². The van der Waals surface area contributed by atoms with Gasteiger partial charge in [0.2, 0.25) is 5.91 Å². The van der Waals surface area contributed by atoms with Gasteiger partial charge in [-0.3, -0.25) is 10.1 Å². The fourth-order valence-corrected chi connectivity index (χ4v) is 4.41. The van der Waals surface area contributed by atoms with Crippen LogP contribution in [-0.2, 0) is 4.79 Å². The third kappa shape index (κ3) is 4.22. The molecule has 1 N–H and O–H groups in total. The van der Waals surface area contributed by atoms with Crippen LogP contribution in [0.3, 0.4) is 0 Å². The number of aromatic nitrogens is 3. The van der Waals surface area contributed by atoms with Crippen LogP contribution in [-0.4, -0.2) is 20.7 Å². The van der Waals surface area contributed by atoms with E-state index in [-0.39, 0.29) is 5.91 Å². The van der Waals surface area contributed by atoms with E-state index in [4.69, 9.17) is 5.10 Å². The van der Waals surface area contributed by atoms with E-state index in [2.05, 4.69) is 16.4 Å². The quantitative estimate of drug-likeness (QED) is 0.338. The SMILES string of the molecule is Cc1ccc2nc(NC(=O)/C=C/c3cn(-c4ccccc4)nc3-c3ccccc3)sc2c1. The predicted octanol–water partition coefficient (Wildman–Crippen LogP) is 6.11. The van der Waals surface area contributed by atoms with Crippen molar-refractivity contribution in [2.24, 2.45) is 0 Å². The van der Waals surface area contributed by atoms with E-state index < -0.39 is 0 Å². The maximum absolute atomic E-state index is 12.6. The van der Waals surface area contributed by atoms with Gasteiger partial charge in [-0.2, -0.15) is 5.10 Å². The summed E-state index contributed by atoms with van der Waals surface area (Å²) in [7, 11) is 0. The molecule has 0 fully saturated rings. The molecular formula is C26H20N4OS. The lowest BCUT2D eigenvalue weighted by Crippen LogP contribution is -2.07. The number of thiazole rings is 1. The number of benzene rings is 3. The second-order valence-corrected chi connectivity index (χ2v) is 8.42. The highest BCUT2D eigenvalue weighted by molar-refractivity contribution is 7.22. The minimum atomic E-state index is -0.229. The number of carbonyl (C=O) groups is 1. The molecule has 3 aromatic carbocycles. The lowest BCUT2D eigenvalue weighted by Gasteiger charge is -2.00. The summed E-state index contributed by atoms with van der Waals surface area (Å²) in [6, 6.07) is 25.9. The largest absolute Gasteiger partial charge is 0.298 e. The molecule has 2 heterocycles. The maximum atomic E-state index is 12.6. The van der Waals surface area contributed by atoms with E-state index in [1.807, 2.05) is 90.6 Å². The number of aryl methyl sites for hydroxylation is 1. The third-order valence-corrected chi connectivity index (χ3v) is 5.93. The summed E-state index contributed by atoms with van der Waals surface area (Å²) in [5.74, 6) is -0.229. The van der Waals surface area contributed by atoms with Crippen molar-refractivity contribution in [3.05, 3.63) is 102 Å². The number of fused-ring (bicyclic) bond motifs is 1. The zero-order valence-corrected chi connectivity index (χ0v) is 18.2. The first-order valence-corrected chi connectivity index (χ1v) is 11.0. The Kier molecular flexibility index (Phi) is 5.35. The van der Waals surface area contributed by atoms with Crippen molar-refractivity contribution in [3.63, 3.8) is 0 Å². The number of nitrogens with zero attached hydrogens (tertiary/aromatic N) is 3. The average molecular weight is 437 g/mol. The van der Waals surface area contributed by atoms with Gasteiger partial charge in [-0.15, -0.1) is 0 Å². The van der Waals surface area contributed by atoms with Crippen LogP contribution >= 0.6 is 11.3 Å². The third-order valence-electron chi connectivity index (χ3n) is 5.00. The topological polar surface area (TPSA) is 59.8 Å². The van der Waals surface area contributed by atoms with Crippen LogP contribution in [0.25, 0.3) is 33.2 Å². The highest BCUT2D eigenvalue weighted by Crippen LogP contribution is 2.27. The first kappa shape index (κ1) is 19.9. The molecule has 0 spiro atoms. The van der Waals surface area contributed by atoms with Crippen LogP contribution in [0.2, 0.25) is 0 Å². The van der Waals surface area contributed by atoms with Crippen LogP contribution in [0.5, 0.6) is 0 Å². The number of carbonyl (C=O) groups excluding carboxylic acids is 1. The van der Waals surface area contributed by atoms with Gasteiger partial charge >= 0.3 is 0 Å².